The van der Waals surface area contributed by atoms with Crippen LogP contribution < -0.4 is 20.3 Å². The summed E-state index contributed by atoms with van der Waals surface area (Å²) in [5.41, 5.74) is 2.62. The molecule has 8 heteroatoms. The third-order valence-corrected chi connectivity index (χ3v) is 5.69. The first-order valence-electron chi connectivity index (χ1n) is 10.2. The van der Waals surface area contributed by atoms with Crippen molar-refractivity contribution in [2.75, 3.05) is 30.4 Å². The number of hydrogen-bond acceptors (Lipinski definition) is 5. The molecule has 1 saturated heterocycles. The Balaban J connectivity index is 1.38. The molecule has 31 heavy (non-hydrogen) atoms. The molecule has 2 aromatic heterocycles. The molecule has 1 aromatic carbocycles. The Morgan fingerprint density at radius 1 is 1.13 bits per heavy atom. The smallest absolute Gasteiger partial charge is 0.319 e. The van der Waals surface area contributed by atoms with Crippen molar-refractivity contribution in [3.63, 3.8) is 0 Å². The summed E-state index contributed by atoms with van der Waals surface area (Å²) >= 11 is 6.74. The molecule has 0 bridgehead atoms. The molecule has 0 aliphatic carbocycles. The quantitative estimate of drug-likeness (QED) is 0.610. The largest absolute Gasteiger partial charge is 0.497 e. The highest BCUT2D eigenvalue weighted by Crippen LogP contribution is 2.35. The van der Waals surface area contributed by atoms with Crippen molar-refractivity contribution in [3.05, 3.63) is 66.1 Å². The van der Waals surface area contributed by atoms with Gasteiger partial charge in [0, 0.05) is 37.1 Å². The third kappa shape index (κ3) is 5.06. The van der Waals surface area contributed by atoms with Crippen molar-refractivity contribution in [2.24, 2.45) is 0 Å². The summed E-state index contributed by atoms with van der Waals surface area (Å²) in [6, 6.07) is 13.2. The van der Waals surface area contributed by atoms with Gasteiger partial charge in [0.1, 0.15) is 11.6 Å². The van der Waals surface area contributed by atoms with E-state index in [-0.39, 0.29) is 12.1 Å². The molecule has 1 fully saturated rings. The maximum atomic E-state index is 12.2. The van der Waals surface area contributed by atoms with Gasteiger partial charge in [-0.2, -0.15) is 0 Å². The fourth-order valence-corrected chi connectivity index (χ4v) is 4.01. The molecule has 7 nitrogen and oxygen atoms in total. The van der Waals surface area contributed by atoms with Gasteiger partial charge in [-0.25, -0.2) is 9.78 Å². The van der Waals surface area contributed by atoms with Crippen LogP contribution in [0, 0.1) is 0 Å². The number of anilines is 2. The van der Waals surface area contributed by atoms with E-state index < -0.39 is 0 Å². The number of pyridine rings is 2. The number of nitrogens with zero attached hydrogens (tertiary/aromatic N) is 3. The minimum atomic E-state index is -0.218. The number of nitrogens with one attached hydrogen (secondary N) is 2. The zero-order chi connectivity index (χ0) is 21.6. The van der Waals surface area contributed by atoms with Crippen LogP contribution in [-0.2, 0) is 0 Å². The number of hydrogen-bond donors (Lipinski definition) is 2. The number of carbonyl (C=O) groups excluding carboxylic acids is 1. The minimum absolute atomic E-state index is 0.0940. The summed E-state index contributed by atoms with van der Waals surface area (Å²) in [6.45, 7) is 1.52. The number of rotatable bonds is 5. The van der Waals surface area contributed by atoms with Gasteiger partial charge < -0.3 is 20.3 Å². The summed E-state index contributed by atoms with van der Waals surface area (Å²) in [6.07, 6.45) is 6.69. The van der Waals surface area contributed by atoms with E-state index in [1.165, 1.54) is 0 Å². The van der Waals surface area contributed by atoms with Crippen molar-refractivity contribution in [3.8, 4) is 16.9 Å². The van der Waals surface area contributed by atoms with Gasteiger partial charge in [-0.1, -0.05) is 23.7 Å². The van der Waals surface area contributed by atoms with Gasteiger partial charge in [0.15, 0.2) is 0 Å². The maximum absolute atomic E-state index is 12.2. The Morgan fingerprint density at radius 3 is 2.58 bits per heavy atom. The second-order valence-electron chi connectivity index (χ2n) is 7.33. The molecule has 3 aromatic rings. The number of aromatic nitrogens is 2. The number of amides is 2. The number of carbonyl (C=O) groups is 1. The Hall–Kier alpha value is -3.32. The van der Waals surface area contributed by atoms with E-state index in [0.717, 1.165) is 48.6 Å². The number of halogens is 1. The molecule has 2 N–H and O–H groups in total. The van der Waals surface area contributed by atoms with Crippen molar-refractivity contribution in [2.45, 2.75) is 18.9 Å². The predicted octanol–water partition coefficient (Wildman–Crippen LogP) is 4.60. The average molecular weight is 438 g/mol. The van der Waals surface area contributed by atoms with Crippen LogP contribution in [0.3, 0.4) is 0 Å². The highest BCUT2D eigenvalue weighted by atomic mass is 35.5. The number of ether oxygens (including phenoxy) is 1. The molecular weight excluding hydrogens is 414 g/mol. The van der Waals surface area contributed by atoms with Gasteiger partial charge in [-0.3, -0.25) is 4.98 Å². The molecule has 1 aliphatic rings. The molecule has 0 atom stereocenters. The van der Waals surface area contributed by atoms with Crippen LogP contribution in [0.4, 0.5) is 16.3 Å². The molecule has 4 rings (SSSR count). The molecule has 1 aliphatic heterocycles. The van der Waals surface area contributed by atoms with Crippen molar-refractivity contribution in [1.29, 1.82) is 0 Å². The highest BCUT2D eigenvalue weighted by Gasteiger charge is 2.24. The molecule has 3 heterocycles. The van der Waals surface area contributed by atoms with E-state index >= 15 is 0 Å². The molecule has 0 unspecified atom stereocenters. The summed E-state index contributed by atoms with van der Waals surface area (Å²) in [7, 11) is 1.65. The molecule has 160 valence electrons. The van der Waals surface area contributed by atoms with Crippen LogP contribution >= 0.6 is 11.6 Å². The monoisotopic (exact) mass is 437 g/mol. The van der Waals surface area contributed by atoms with E-state index in [2.05, 4.69) is 25.5 Å². The zero-order valence-corrected chi connectivity index (χ0v) is 18.0. The van der Waals surface area contributed by atoms with Crippen LogP contribution in [0.2, 0.25) is 5.02 Å². The van der Waals surface area contributed by atoms with Crippen molar-refractivity contribution in [1.82, 2.24) is 15.3 Å². The number of methoxy groups -OCH3 is 1. The lowest BCUT2D eigenvalue weighted by Gasteiger charge is -2.33. The van der Waals surface area contributed by atoms with E-state index in [1.807, 2.05) is 30.3 Å². The van der Waals surface area contributed by atoms with Crippen LogP contribution in [0.5, 0.6) is 5.75 Å². The first kappa shape index (κ1) is 20.9. The molecule has 0 spiro atoms. The molecule has 0 saturated carbocycles. The van der Waals surface area contributed by atoms with Crippen LogP contribution in [0.1, 0.15) is 12.8 Å². The van der Waals surface area contributed by atoms with Crippen molar-refractivity contribution >= 4 is 29.1 Å². The van der Waals surface area contributed by atoms with Crippen LogP contribution in [-0.4, -0.2) is 42.2 Å². The normalized spacial score (nSPS) is 14.2. The summed E-state index contributed by atoms with van der Waals surface area (Å²) < 4.78 is 5.23. The second kappa shape index (κ2) is 9.66. The summed E-state index contributed by atoms with van der Waals surface area (Å²) in [5, 5.41) is 6.47. The maximum Gasteiger partial charge on any atom is 0.319 e. The second-order valence-corrected chi connectivity index (χ2v) is 7.70. The van der Waals surface area contributed by atoms with Gasteiger partial charge in [0.2, 0.25) is 0 Å². The first-order valence-corrected chi connectivity index (χ1v) is 10.5. The Morgan fingerprint density at radius 2 is 1.90 bits per heavy atom. The van der Waals surface area contributed by atoms with Crippen LogP contribution in [0.15, 0.2) is 61.1 Å². The van der Waals surface area contributed by atoms with E-state index in [9.17, 15) is 4.79 Å². The SMILES string of the molecule is COc1ccc(-c2ccnc(N3CCC(NC(=O)Nc4cccnc4)CC3)c2Cl)cc1. The standard InChI is InChI=1S/C23H24ClN5O2/c1-31-19-6-4-16(5-7-19)20-8-12-26-22(21(20)24)29-13-9-17(10-14-29)27-23(30)28-18-3-2-11-25-15-18/h2-8,11-12,15,17H,9-10,13-14H2,1H3,(H2,27,28,30). The lowest BCUT2D eigenvalue weighted by atomic mass is 10.0. The Bertz CT molecular complexity index is 1020. The Labute approximate surface area is 186 Å². The van der Waals surface area contributed by atoms with E-state index in [4.69, 9.17) is 16.3 Å². The highest BCUT2D eigenvalue weighted by molar-refractivity contribution is 6.35. The first-order chi connectivity index (χ1) is 15.1. The molecule has 2 amide bonds. The summed E-state index contributed by atoms with van der Waals surface area (Å²) in [4.78, 5) is 22.9. The van der Waals surface area contributed by atoms with Crippen LogP contribution in [0.25, 0.3) is 11.1 Å². The predicted molar refractivity (Wildman–Crippen MR) is 123 cm³/mol. The van der Waals surface area contributed by atoms with E-state index in [0.29, 0.717) is 10.7 Å². The topological polar surface area (TPSA) is 79.4 Å². The molecule has 0 radical (unpaired) electrons. The summed E-state index contributed by atoms with van der Waals surface area (Å²) in [5.74, 6) is 1.57. The lowest BCUT2D eigenvalue weighted by Crippen LogP contribution is -2.46. The molecular formula is C23H24ClN5O2. The van der Waals surface area contributed by atoms with Crippen molar-refractivity contribution < 1.29 is 9.53 Å². The van der Waals surface area contributed by atoms with E-state index in [1.54, 1.807) is 37.8 Å². The lowest BCUT2D eigenvalue weighted by molar-refractivity contribution is 0.246. The number of piperidine rings is 1. The average Bonchev–Trinajstić information content (AvgIpc) is 2.81. The number of urea groups is 1. The van der Waals surface area contributed by atoms with Gasteiger partial charge >= 0.3 is 6.03 Å². The Kier molecular flexibility index (Phi) is 6.52. The number of benzene rings is 1. The van der Waals surface area contributed by atoms with Gasteiger partial charge in [-0.15, -0.1) is 0 Å². The zero-order valence-electron chi connectivity index (χ0n) is 17.2. The minimum Gasteiger partial charge on any atom is -0.497 e. The fraction of sp³-hybridized carbons (Fsp3) is 0.261. The van der Waals surface area contributed by atoms with Gasteiger partial charge in [-0.05, 0) is 48.7 Å². The third-order valence-electron chi connectivity index (χ3n) is 5.32. The van der Waals surface area contributed by atoms with Gasteiger partial charge in [0.25, 0.3) is 0 Å². The fourth-order valence-electron chi connectivity index (χ4n) is 3.67. The van der Waals surface area contributed by atoms with Gasteiger partial charge in [0.05, 0.1) is 24.0 Å².